The van der Waals surface area contributed by atoms with Gasteiger partial charge in [0.1, 0.15) is 11.0 Å². The van der Waals surface area contributed by atoms with Crippen LogP contribution in [0.5, 0.6) is 0 Å². The van der Waals surface area contributed by atoms with Crippen LogP contribution >= 0.6 is 11.6 Å². The fourth-order valence-electron chi connectivity index (χ4n) is 3.66. The number of aromatic nitrogens is 2. The lowest BCUT2D eigenvalue weighted by Gasteiger charge is -2.22. The van der Waals surface area contributed by atoms with Crippen molar-refractivity contribution in [3.05, 3.63) is 81.9 Å². The Labute approximate surface area is 162 Å². The number of halogens is 2. The van der Waals surface area contributed by atoms with Gasteiger partial charge in [-0.25, -0.2) is 9.07 Å². The van der Waals surface area contributed by atoms with E-state index in [0.29, 0.717) is 23.0 Å². The number of carbonyl (C=O) groups excluding carboxylic acids is 1. The van der Waals surface area contributed by atoms with Crippen LogP contribution in [0.2, 0.25) is 5.15 Å². The standard InChI is InChI=1S/C21H19ClFN3O/c1-13-11-16-5-3-4-6-18(16)26(13)21(27)19-14(2)24-25(20(19)22)12-15-7-9-17(23)10-8-15/h3-10,13H,11-12H2,1-2H3/t13-/m1/s1. The van der Waals surface area contributed by atoms with Crippen molar-refractivity contribution >= 4 is 23.2 Å². The number of hydrogen-bond acceptors (Lipinski definition) is 2. The highest BCUT2D eigenvalue weighted by atomic mass is 35.5. The van der Waals surface area contributed by atoms with Crippen LogP contribution in [0, 0.1) is 12.7 Å². The van der Waals surface area contributed by atoms with E-state index in [0.717, 1.165) is 23.2 Å². The number of benzene rings is 2. The van der Waals surface area contributed by atoms with Crippen molar-refractivity contribution in [2.45, 2.75) is 32.9 Å². The molecule has 0 spiro atoms. The number of aryl methyl sites for hydroxylation is 1. The maximum Gasteiger partial charge on any atom is 0.263 e. The Bertz CT molecular complexity index is 1010. The summed E-state index contributed by atoms with van der Waals surface area (Å²) in [4.78, 5) is 15.1. The summed E-state index contributed by atoms with van der Waals surface area (Å²) in [6.07, 6.45) is 0.822. The molecule has 1 amide bonds. The minimum absolute atomic E-state index is 0.0609. The molecule has 0 bridgehead atoms. The van der Waals surface area contributed by atoms with Gasteiger partial charge in [0.25, 0.3) is 5.91 Å². The molecule has 6 heteroatoms. The molecule has 138 valence electrons. The average Bonchev–Trinajstić information content (AvgIpc) is 3.12. The molecule has 1 aromatic heterocycles. The molecule has 0 N–H and O–H groups in total. The Hall–Kier alpha value is -2.66. The van der Waals surface area contributed by atoms with Gasteiger partial charge in [0.15, 0.2) is 0 Å². The van der Waals surface area contributed by atoms with Crippen LogP contribution in [0.1, 0.15) is 34.1 Å². The fraction of sp³-hybridized carbons (Fsp3) is 0.238. The summed E-state index contributed by atoms with van der Waals surface area (Å²) in [6.45, 7) is 4.19. The van der Waals surface area contributed by atoms with Gasteiger partial charge in [0, 0.05) is 11.7 Å². The second-order valence-electron chi connectivity index (χ2n) is 6.89. The third kappa shape index (κ3) is 3.12. The van der Waals surface area contributed by atoms with Crippen LogP contribution in [-0.2, 0) is 13.0 Å². The lowest BCUT2D eigenvalue weighted by atomic mass is 10.1. The first-order valence-electron chi connectivity index (χ1n) is 8.84. The average molecular weight is 384 g/mol. The van der Waals surface area contributed by atoms with Crippen molar-refractivity contribution in [3.8, 4) is 0 Å². The van der Waals surface area contributed by atoms with Gasteiger partial charge in [-0.3, -0.25) is 4.79 Å². The van der Waals surface area contributed by atoms with E-state index in [4.69, 9.17) is 11.6 Å². The summed E-state index contributed by atoms with van der Waals surface area (Å²) in [5, 5.41) is 4.75. The molecular weight excluding hydrogens is 365 g/mol. The molecule has 3 aromatic rings. The van der Waals surface area contributed by atoms with E-state index in [2.05, 4.69) is 5.10 Å². The van der Waals surface area contributed by atoms with Crippen LogP contribution in [0.3, 0.4) is 0 Å². The van der Waals surface area contributed by atoms with Crippen LogP contribution in [0.25, 0.3) is 0 Å². The Morgan fingerprint density at radius 1 is 1.22 bits per heavy atom. The first-order chi connectivity index (χ1) is 13.0. The number of amides is 1. The van der Waals surface area contributed by atoms with E-state index in [1.807, 2.05) is 31.2 Å². The summed E-state index contributed by atoms with van der Waals surface area (Å²) in [6, 6.07) is 14.1. The Morgan fingerprint density at radius 2 is 1.93 bits per heavy atom. The molecule has 4 rings (SSSR count). The molecule has 2 heterocycles. The van der Waals surface area contributed by atoms with Crippen molar-refractivity contribution in [1.82, 2.24) is 9.78 Å². The van der Waals surface area contributed by atoms with Crippen LogP contribution in [0.4, 0.5) is 10.1 Å². The quantitative estimate of drug-likeness (QED) is 0.661. The summed E-state index contributed by atoms with van der Waals surface area (Å²) < 4.78 is 14.7. The first-order valence-corrected chi connectivity index (χ1v) is 9.22. The van der Waals surface area contributed by atoms with Crippen molar-refractivity contribution < 1.29 is 9.18 Å². The summed E-state index contributed by atoms with van der Waals surface area (Å²) in [5.41, 5.74) is 3.95. The predicted molar refractivity (Wildman–Crippen MR) is 104 cm³/mol. The second-order valence-corrected chi connectivity index (χ2v) is 7.25. The Morgan fingerprint density at radius 3 is 2.67 bits per heavy atom. The van der Waals surface area contributed by atoms with Crippen molar-refractivity contribution in [1.29, 1.82) is 0 Å². The number of rotatable bonds is 3. The molecule has 0 saturated carbocycles. The van der Waals surface area contributed by atoms with E-state index >= 15 is 0 Å². The van der Waals surface area contributed by atoms with Gasteiger partial charge < -0.3 is 4.90 Å². The molecule has 1 atom stereocenters. The molecule has 0 aliphatic carbocycles. The maximum absolute atomic E-state index is 13.3. The molecule has 0 radical (unpaired) electrons. The fourth-order valence-corrected chi connectivity index (χ4v) is 3.97. The summed E-state index contributed by atoms with van der Waals surface area (Å²) in [7, 11) is 0. The molecule has 27 heavy (non-hydrogen) atoms. The van der Waals surface area contributed by atoms with Crippen molar-refractivity contribution in [3.63, 3.8) is 0 Å². The third-order valence-corrected chi connectivity index (χ3v) is 5.34. The first kappa shape index (κ1) is 17.7. The van der Waals surface area contributed by atoms with Crippen molar-refractivity contribution in [2.75, 3.05) is 4.90 Å². The predicted octanol–water partition coefficient (Wildman–Crippen LogP) is 4.62. The highest BCUT2D eigenvalue weighted by molar-refractivity contribution is 6.34. The van der Waals surface area contributed by atoms with E-state index in [1.165, 1.54) is 12.1 Å². The van der Waals surface area contributed by atoms with Gasteiger partial charge in [-0.05, 0) is 49.6 Å². The lowest BCUT2D eigenvalue weighted by Crippen LogP contribution is -2.36. The summed E-state index contributed by atoms with van der Waals surface area (Å²) in [5.74, 6) is -0.431. The molecule has 1 aliphatic heterocycles. The SMILES string of the molecule is Cc1nn(Cc2ccc(F)cc2)c(Cl)c1C(=O)N1c2ccccc2C[C@H]1C. The number of hydrogen-bond donors (Lipinski definition) is 0. The molecule has 1 aliphatic rings. The summed E-state index contributed by atoms with van der Waals surface area (Å²) >= 11 is 6.54. The van der Waals surface area contributed by atoms with E-state index in [1.54, 1.807) is 28.6 Å². The van der Waals surface area contributed by atoms with Gasteiger partial charge in [-0.2, -0.15) is 5.10 Å². The van der Waals surface area contributed by atoms with Crippen LogP contribution in [0.15, 0.2) is 48.5 Å². The minimum Gasteiger partial charge on any atom is -0.305 e. The Kier molecular flexibility index (Phi) is 4.48. The van der Waals surface area contributed by atoms with Crippen LogP contribution < -0.4 is 4.90 Å². The topological polar surface area (TPSA) is 38.1 Å². The smallest absolute Gasteiger partial charge is 0.263 e. The van der Waals surface area contributed by atoms with Crippen LogP contribution in [-0.4, -0.2) is 21.7 Å². The minimum atomic E-state index is -0.293. The normalized spacial score (nSPS) is 15.9. The molecule has 2 aromatic carbocycles. The zero-order chi connectivity index (χ0) is 19.1. The van der Waals surface area contributed by atoms with E-state index < -0.39 is 0 Å². The molecule has 0 unspecified atom stereocenters. The van der Waals surface area contributed by atoms with Gasteiger partial charge in [-0.1, -0.05) is 41.9 Å². The number of anilines is 1. The molecule has 4 nitrogen and oxygen atoms in total. The highest BCUT2D eigenvalue weighted by Crippen LogP contribution is 2.34. The monoisotopic (exact) mass is 383 g/mol. The number of nitrogens with zero attached hydrogens (tertiary/aromatic N) is 3. The Balaban J connectivity index is 1.67. The van der Waals surface area contributed by atoms with Gasteiger partial charge in [0.2, 0.25) is 0 Å². The van der Waals surface area contributed by atoms with Gasteiger partial charge in [-0.15, -0.1) is 0 Å². The molecule has 0 saturated heterocycles. The third-order valence-electron chi connectivity index (χ3n) is 4.95. The highest BCUT2D eigenvalue weighted by Gasteiger charge is 2.34. The molecular formula is C21H19ClFN3O. The van der Waals surface area contributed by atoms with Crippen molar-refractivity contribution in [2.24, 2.45) is 0 Å². The van der Waals surface area contributed by atoms with E-state index in [-0.39, 0.29) is 17.8 Å². The lowest BCUT2D eigenvalue weighted by molar-refractivity contribution is 0.0981. The van der Waals surface area contributed by atoms with E-state index in [9.17, 15) is 9.18 Å². The number of fused-ring (bicyclic) bond motifs is 1. The second kappa shape index (κ2) is 6.82. The largest absolute Gasteiger partial charge is 0.305 e. The zero-order valence-corrected chi connectivity index (χ0v) is 15.9. The number of carbonyl (C=O) groups is 1. The zero-order valence-electron chi connectivity index (χ0n) is 15.1. The number of para-hydroxylation sites is 1. The molecule has 0 fully saturated rings. The van der Waals surface area contributed by atoms with Gasteiger partial charge in [0.05, 0.1) is 17.8 Å². The maximum atomic E-state index is 13.3. The van der Waals surface area contributed by atoms with Gasteiger partial charge >= 0.3 is 0 Å².